The number of aromatic nitrogens is 3. The predicted octanol–water partition coefficient (Wildman–Crippen LogP) is 0.686. The Balaban J connectivity index is 1.59. The van der Waals surface area contributed by atoms with Gasteiger partial charge in [-0.05, 0) is 19.8 Å². The zero-order valence-electron chi connectivity index (χ0n) is 15.4. The van der Waals surface area contributed by atoms with Crippen LogP contribution in [0.2, 0.25) is 0 Å². The summed E-state index contributed by atoms with van der Waals surface area (Å²) in [5.41, 5.74) is 0. The normalized spacial score (nSPS) is 24.7. The molecule has 25 heavy (non-hydrogen) atoms. The molecule has 1 aromatic rings. The maximum Gasteiger partial charge on any atom is 0.194 e. The van der Waals surface area contributed by atoms with Crippen LogP contribution in [0.3, 0.4) is 0 Å². The van der Waals surface area contributed by atoms with Gasteiger partial charge in [0.25, 0.3) is 0 Å². The van der Waals surface area contributed by atoms with E-state index in [0.29, 0.717) is 6.54 Å². The van der Waals surface area contributed by atoms with Crippen molar-refractivity contribution in [3.63, 3.8) is 0 Å². The Labute approximate surface area is 149 Å². The minimum atomic E-state index is 0.143. The number of nitrogens with one attached hydrogen (secondary N) is 1. The summed E-state index contributed by atoms with van der Waals surface area (Å²) in [7, 11) is 0. The van der Waals surface area contributed by atoms with E-state index in [4.69, 9.17) is 14.5 Å². The summed E-state index contributed by atoms with van der Waals surface area (Å²) in [5, 5.41) is 11.5. The summed E-state index contributed by atoms with van der Waals surface area (Å²) in [4.78, 5) is 7.11. The molecule has 1 N–H and O–H groups in total. The van der Waals surface area contributed by atoms with Crippen molar-refractivity contribution in [2.75, 3.05) is 39.4 Å². The molecule has 0 saturated carbocycles. The Morgan fingerprint density at radius 1 is 1.32 bits per heavy atom. The number of aryl methyl sites for hydroxylation is 1. The minimum absolute atomic E-state index is 0.143. The van der Waals surface area contributed by atoms with Crippen molar-refractivity contribution >= 4 is 5.96 Å². The average molecular weight is 350 g/mol. The first-order chi connectivity index (χ1) is 12.3. The van der Waals surface area contributed by atoms with E-state index in [0.717, 1.165) is 70.4 Å². The lowest BCUT2D eigenvalue weighted by molar-refractivity contribution is -0.0817. The lowest BCUT2D eigenvalue weighted by atomic mass is 10.1. The van der Waals surface area contributed by atoms with Crippen molar-refractivity contribution in [3.8, 4) is 0 Å². The highest BCUT2D eigenvalue weighted by atomic mass is 16.5. The van der Waals surface area contributed by atoms with Crippen LogP contribution < -0.4 is 5.32 Å². The molecule has 2 aliphatic rings. The van der Waals surface area contributed by atoms with Gasteiger partial charge in [0.2, 0.25) is 0 Å². The maximum absolute atomic E-state index is 5.94. The fraction of sp³-hybridized carbons (Fsp3) is 0.824. The molecule has 2 saturated heterocycles. The summed E-state index contributed by atoms with van der Waals surface area (Å²) in [5.74, 6) is 1.96. The number of rotatable bonds is 6. The number of guanidine groups is 1. The molecule has 1 aromatic heterocycles. The molecule has 2 atom stereocenters. The third-order valence-electron chi connectivity index (χ3n) is 4.72. The molecule has 140 valence electrons. The van der Waals surface area contributed by atoms with Crippen LogP contribution in [0.15, 0.2) is 11.3 Å². The molecule has 0 aliphatic carbocycles. The van der Waals surface area contributed by atoms with Crippen molar-refractivity contribution in [2.24, 2.45) is 4.99 Å². The smallest absolute Gasteiger partial charge is 0.194 e. The Morgan fingerprint density at radius 3 is 2.96 bits per heavy atom. The zero-order chi connectivity index (χ0) is 17.5. The summed E-state index contributed by atoms with van der Waals surface area (Å²) < 4.78 is 13.8. The summed E-state index contributed by atoms with van der Waals surface area (Å²) in [6, 6.07) is 0. The Bertz CT molecular complexity index is 555. The van der Waals surface area contributed by atoms with Gasteiger partial charge in [0.1, 0.15) is 18.3 Å². The van der Waals surface area contributed by atoms with Gasteiger partial charge < -0.3 is 24.3 Å². The number of nitrogens with zero attached hydrogens (tertiary/aromatic N) is 5. The standard InChI is InChI=1S/C17H30N6O2/c1-3-16-21-20-13-23(16)8-7-19-17(18-4-2)22-9-11-25-15(12-22)14-6-5-10-24-14/h13-15H,3-12H2,1-2H3,(H,18,19). The Kier molecular flexibility index (Phi) is 6.63. The van der Waals surface area contributed by atoms with Gasteiger partial charge in [-0.2, -0.15) is 0 Å². The maximum atomic E-state index is 5.94. The van der Waals surface area contributed by atoms with Crippen molar-refractivity contribution in [1.82, 2.24) is 25.0 Å². The summed E-state index contributed by atoms with van der Waals surface area (Å²) in [6.07, 6.45) is 5.27. The van der Waals surface area contributed by atoms with Crippen LogP contribution >= 0.6 is 0 Å². The highest BCUT2D eigenvalue weighted by Gasteiger charge is 2.32. The third kappa shape index (κ3) is 4.70. The SMILES string of the molecule is CCNC(=NCCn1cnnc1CC)N1CCOC(C2CCCO2)C1. The van der Waals surface area contributed by atoms with E-state index >= 15 is 0 Å². The van der Waals surface area contributed by atoms with Crippen molar-refractivity contribution < 1.29 is 9.47 Å². The molecular weight excluding hydrogens is 320 g/mol. The van der Waals surface area contributed by atoms with E-state index < -0.39 is 0 Å². The topological polar surface area (TPSA) is 76.8 Å². The van der Waals surface area contributed by atoms with E-state index in [9.17, 15) is 0 Å². The second-order valence-corrected chi connectivity index (χ2v) is 6.44. The number of morpholine rings is 1. The minimum Gasteiger partial charge on any atom is -0.375 e. The predicted molar refractivity (Wildman–Crippen MR) is 95.7 cm³/mol. The van der Waals surface area contributed by atoms with E-state index in [2.05, 4.69) is 38.8 Å². The quantitative estimate of drug-likeness (QED) is 0.601. The molecule has 2 unspecified atom stereocenters. The Hall–Kier alpha value is -1.67. The van der Waals surface area contributed by atoms with Crippen molar-refractivity contribution in [1.29, 1.82) is 0 Å². The highest BCUT2D eigenvalue weighted by molar-refractivity contribution is 5.80. The van der Waals surface area contributed by atoms with E-state index in [1.807, 2.05) is 0 Å². The summed E-state index contributed by atoms with van der Waals surface area (Å²) in [6.45, 7) is 9.83. The first-order valence-corrected chi connectivity index (χ1v) is 9.45. The first-order valence-electron chi connectivity index (χ1n) is 9.45. The van der Waals surface area contributed by atoms with Gasteiger partial charge in [-0.15, -0.1) is 10.2 Å². The largest absolute Gasteiger partial charge is 0.375 e. The number of hydrogen-bond acceptors (Lipinski definition) is 5. The Morgan fingerprint density at radius 2 is 2.20 bits per heavy atom. The van der Waals surface area contributed by atoms with Crippen LogP contribution in [0.5, 0.6) is 0 Å². The zero-order valence-corrected chi connectivity index (χ0v) is 15.4. The van der Waals surface area contributed by atoms with E-state index in [1.54, 1.807) is 6.33 Å². The van der Waals surface area contributed by atoms with Crippen LogP contribution in [0.1, 0.15) is 32.5 Å². The average Bonchev–Trinajstić information content (AvgIpc) is 3.33. The van der Waals surface area contributed by atoms with E-state index in [-0.39, 0.29) is 12.2 Å². The molecule has 8 nitrogen and oxygen atoms in total. The van der Waals surface area contributed by atoms with E-state index in [1.165, 1.54) is 0 Å². The molecule has 0 amide bonds. The molecular formula is C17H30N6O2. The molecule has 0 aromatic carbocycles. The van der Waals surface area contributed by atoms with Crippen LogP contribution in [-0.4, -0.2) is 77.2 Å². The highest BCUT2D eigenvalue weighted by Crippen LogP contribution is 2.21. The van der Waals surface area contributed by atoms with Crippen molar-refractivity contribution in [2.45, 2.75) is 51.9 Å². The van der Waals surface area contributed by atoms with Gasteiger partial charge in [-0.25, -0.2) is 0 Å². The molecule has 2 fully saturated rings. The molecule has 0 bridgehead atoms. The van der Waals surface area contributed by atoms with Gasteiger partial charge in [0.05, 0.1) is 19.3 Å². The lowest BCUT2D eigenvalue weighted by Crippen LogP contribution is -2.53. The molecule has 3 heterocycles. The second-order valence-electron chi connectivity index (χ2n) is 6.44. The number of hydrogen-bond donors (Lipinski definition) is 1. The second kappa shape index (κ2) is 9.15. The van der Waals surface area contributed by atoms with Crippen LogP contribution in [0, 0.1) is 0 Å². The van der Waals surface area contributed by atoms with Gasteiger partial charge in [0.15, 0.2) is 5.96 Å². The van der Waals surface area contributed by atoms with Crippen LogP contribution in [-0.2, 0) is 22.4 Å². The molecule has 8 heteroatoms. The lowest BCUT2D eigenvalue weighted by Gasteiger charge is -2.37. The number of ether oxygens (including phenoxy) is 2. The number of aliphatic imine (C=N–C) groups is 1. The molecule has 0 radical (unpaired) electrons. The monoisotopic (exact) mass is 350 g/mol. The summed E-state index contributed by atoms with van der Waals surface area (Å²) >= 11 is 0. The van der Waals surface area contributed by atoms with Crippen LogP contribution in [0.4, 0.5) is 0 Å². The van der Waals surface area contributed by atoms with Crippen LogP contribution in [0.25, 0.3) is 0 Å². The molecule has 2 aliphatic heterocycles. The van der Waals surface area contributed by atoms with Gasteiger partial charge in [-0.3, -0.25) is 4.99 Å². The molecule has 0 spiro atoms. The fourth-order valence-electron chi connectivity index (χ4n) is 3.42. The molecule has 3 rings (SSSR count). The van der Waals surface area contributed by atoms with Gasteiger partial charge in [-0.1, -0.05) is 6.92 Å². The third-order valence-corrected chi connectivity index (χ3v) is 4.72. The van der Waals surface area contributed by atoms with Crippen molar-refractivity contribution in [3.05, 3.63) is 12.2 Å². The fourth-order valence-corrected chi connectivity index (χ4v) is 3.42. The van der Waals surface area contributed by atoms with Gasteiger partial charge in [0, 0.05) is 39.2 Å². The first kappa shape index (κ1) is 18.1. The van der Waals surface area contributed by atoms with Gasteiger partial charge >= 0.3 is 0 Å².